The van der Waals surface area contributed by atoms with Gasteiger partial charge in [0.25, 0.3) is 0 Å². The van der Waals surface area contributed by atoms with Crippen LogP contribution in [0.2, 0.25) is 0 Å². The van der Waals surface area contributed by atoms with Gasteiger partial charge >= 0.3 is 23.5 Å². The maximum absolute atomic E-state index is 12.6. The molecule has 0 radical (unpaired) electrons. The number of nitrogens with zero attached hydrogens (tertiary/aromatic N) is 4. The van der Waals surface area contributed by atoms with E-state index in [0.717, 1.165) is 17.2 Å². The van der Waals surface area contributed by atoms with Crippen molar-refractivity contribution in [1.29, 1.82) is 0 Å². The summed E-state index contributed by atoms with van der Waals surface area (Å²) in [4.78, 5) is 74.9. The molecule has 0 bridgehead atoms. The molecule has 0 spiro atoms. The summed E-state index contributed by atoms with van der Waals surface area (Å²) >= 11 is 1.53. The zero-order valence-electron chi connectivity index (χ0n) is 26.2. The second kappa shape index (κ2) is 16.9. The van der Waals surface area contributed by atoms with Gasteiger partial charge in [0.05, 0.1) is 19.5 Å². The van der Waals surface area contributed by atoms with Crippen LogP contribution in [0.15, 0.2) is 12.7 Å². The van der Waals surface area contributed by atoms with Gasteiger partial charge in [-0.1, -0.05) is 13.8 Å². The lowest BCUT2D eigenvalue weighted by Crippen LogP contribution is -2.46. The minimum atomic E-state index is -5.54. The van der Waals surface area contributed by atoms with E-state index in [-0.39, 0.29) is 35.9 Å². The predicted molar refractivity (Wildman–Crippen MR) is 168 cm³/mol. The Morgan fingerprint density at radius 1 is 1.10 bits per heavy atom. The first-order valence-electron chi connectivity index (χ1n) is 14.0. The molecule has 0 aliphatic carbocycles. The van der Waals surface area contributed by atoms with Crippen LogP contribution in [0.4, 0.5) is 5.82 Å². The summed E-state index contributed by atoms with van der Waals surface area (Å²) < 4.78 is 61.8. The molecule has 1 aliphatic heterocycles. The number of nitrogens with one attached hydrogen (secondary N) is 2. The minimum absolute atomic E-state index is 0.0345. The Hall–Kier alpha value is -2.11. The molecule has 23 nitrogen and oxygen atoms in total. The Kier molecular flexibility index (Phi) is 14.3. The molecule has 2 unspecified atom stereocenters. The summed E-state index contributed by atoms with van der Waals surface area (Å²) in [7, 11) is -16.3. The van der Waals surface area contributed by atoms with Gasteiger partial charge in [0.1, 0.15) is 36.3 Å². The van der Waals surface area contributed by atoms with Crippen LogP contribution in [0, 0.1) is 5.41 Å². The number of aliphatic hydroxyl groups excluding tert-OH is 2. The molecule has 278 valence electrons. The van der Waals surface area contributed by atoms with Crippen LogP contribution in [-0.2, 0) is 45.9 Å². The van der Waals surface area contributed by atoms with Crippen LogP contribution in [0.25, 0.3) is 11.2 Å². The van der Waals surface area contributed by atoms with Crippen LogP contribution in [0.3, 0.4) is 0 Å². The number of aromatic nitrogens is 4. The highest BCUT2D eigenvalue weighted by atomic mass is 32.2. The monoisotopic (exact) mass is 781 g/mol. The third kappa shape index (κ3) is 12.0. The Balaban J connectivity index is 1.59. The van der Waals surface area contributed by atoms with Crippen molar-refractivity contribution in [1.82, 2.24) is 30.2 Å². The largest absolute Gasteiger partial charge is 0.481 e. The normalized spacial score (nSPS) is 23.1. The van der Waals surface area contributed by atoms with Gasteiger partial charge in [-0.05, 0) is 6.26 Å². The second-order valence-electron chi connectivity index (χ2n) is 11.1. The quantitative estimate of drug-likeness (QED) is 0.0595. The van der Waals surface area contributed by atoms with Gasteiger partial charge < -0.3 is 50.9 Å². The van der Waals surface area contributed by atoms with E-state index >= 15 is 0 Å². The van der Waals surface area contributed by atoms with Crippen molar-refractivity contribution in [3.8, 4) is 0 Å². The van der Waals surface area contributed by atoms with E-state index in [1.54, 1.807) is 0 Å². The highest BCUT2D eigenvalue weighted by Gasteiger charge is 2.50. The fourth-order valence-corrected chi connectivity index (χ4v) is 7.37. The molecule has 27 heteroatoms. The van der Waals surface area contributed by atoms with Crippen molar-refractivity contribution >= 4 is 64.0 Å². The summed E-state index contributed by atoms with van der Waals surface area (Å²) in [6.45, 7) is 0.896. The van der Waals surface area contributed by atoms with Gasteiger partial charge in [0, 0.05) is 30.7 Å². The van der Waals surface area contributed by atoms with E-state index in [1.165, 1.54) is 25.6 Å². The number of aliphatic hydroxyl groups is 2. The standard InChI is InChI=1S/C22H38N7O16P3S/c1-22(2,17(32)20(33)25-5-4-13(30)24-6-7-49-3)9-42-48(39,40)45-47(37,38)41-8-12-16(44-46(34,35)36)15(31)21(43-12)29-11-28-14-18(23)26-10-27-19(14)29/h10-12,15-17,21,31-32H,4-9H2,1-3H3,(H,24,30)(H,25,33)(H,37,38)(H,39,40)(H2,23,26,27)(H2,34,35,36)/t12-,15-,16-,17+,21-/m1/s1. The van der Waals surface area contributed by atoms with Gasteiger partial charge in [-0.3, -0.25) is 27.7 Å². The molecule has 2 aromatic heterocycles. The molecule has 3 heterocycles. The van der Waals surface area contributed by atoms with E-state index in [1.807, 2.05) is 6.26 Å². The number of nitrogen functional groups attached to an aromatic ring is 1. The van der Waals surface area contributed by atoms with Gasteiger partial charge in [0.2, 0.25) is 11.8 Å². The van der Waals surface area contributed by atoms with Crippen LogP contribution >= 0.6 is 35.2 Å². The van der Waals surface area contributed by atoms with Gasteiger partial charge in [-0.15, -0.1) is 0 Å². The summed E-state index contributed by atoms with van der Waals surface area (Å²) in [6, 6.07) is 0. The number of imidazole rings is 1. The topological polar surface area (TPSA) is 347 Å². The number of nitrogens with two attached hydrogens (primary N) is 1. The molecule has 0 aromatic carbocycles. The van der Waals surface area contributed by atoms with E-state index in [9.17, 15) is 53.1 Å². The minimum Gasteiger partial charge on any atom is -0.386 e. The fraction of sp³-hybridized carbons (Fsp3) is 0.682. The fourth-order valence-electron chi connectivity index (χ4n) is 4.23. The molecule has 49 heavy (non-hydrogen) atoms. The number of carbonyl (C=O) groups excluding carboxylic acids is 2. The van der Waals surface area contributed by atoms with Gasteiger partial charge in [0.15, 0.2) is 17.7 Å². The van der Waals surface area contributed by atoms with Crippen LogP contribution in [-0.4, -0.2) is 124 Å². The first kappa shape index (κ1) is 41.3. The molecule has 3 rings (SSSR count). The number of amides is 2. The van der Waals surface area contributed by atoms with E-state index in [4.69, 9.17) is 19.5 Å². The number of rotatable bonds is 19. The van der Waals surface area contributed by atoms with Crippen molar-refractivity contribution in [2.24, 2.45) is 5.41 Å². The Labute approximate surface area is 282 Å². The number of carbonyl (C=O) groups is 2. The smallest absolute Gasteiger partial charge is 0.386 e. The number of hydrogen-bond donors (Lipinski definition) is 9. The average molecular weight is 782 g/mol. The van der Waals surface area contributed by atoms with Crippen molar-refractivity contribution in [2.75, 3.05) is 44.0 Å². The van der Waals surface area contributed by atoms with Crippen LogP contribution in [0.5, 0.6) is 0 Å². The summed E-state index contributed by atoms with van der Waals surface area (Å²) in [6.07, 6.45) is -4.82. The van der Waals surface area contributed by atoms with Crippen molar-refractivity contribution in [2.45, 2.75) is 50.9 Å². The molecule has 2 amide bonds. The van der Waals surface area contributed by atoms with Crippen molar-refractivity contribution in [3.05, 3.63) is 12.7 Å². The summed E-state index contributed by atoms with van der Waals surface area (Å²) in [5, 5.41) is 26.3. The lowest BCUT2D eigenvalue weighted by molar-refractivity contribution is -0.137. The van der Waals surface area contributed by atoms with E-state index in [2.05, 4.69) is 34.4 Å². The lowest BCUT2D eigenvalue weighted by Gasteiger charge is -2.30. The molecular formula is C22H38N7O16P3S. The molecule has 10 N–H and O–H groups in total. The SMILES string of the molecule is CSCCNC(=O)CCNC(=O)[C@H](O)C(C)(C)COP(=O)(O)OP(=O)(O)OC[C@H]1O[C@@H](n2cnc3c(N)ncnc32)[C@H](O)[C@@H]1OP(=O)(O)O. The maximum atomic E-state index is 12.6. The predicted octanol–water partition coefficient (Wildman–Crippen LogP) is -1.23. The molecular weight excluding hydrogens is 743 g/mol. The molecule has 1 saturated heterocycles. The van der Waals surface area contributed by atoms with Crippen molar-refractivity contribution in [3.63, 3.8) is 0 Å². The number of fused-ring (bicyclic) bond motifs is 1. The van der Waals surface area contributed by atoms with E-state index < -0.39 is 78.6 Å². The van der Waals surface area contributed by atoms with Crippen LogP contribution in [0.1, 0.15) is 26.5 Å². The number of anilines is 1. The molecule has 1 aliphatic rings. The average Bonchev–Trinajstić information content (AvgIpc) is 3.55. The van der Waals surface area contributed by atoms with Gasteiger partial charge in [-0.25, -0.2) is 28.6 Å². The highest BCUT2D eigenvalue weighted by Crippen LogP contribution is 2.61. The number of thioether (sulfide) groups is 1. The third-order valence-corrected chi connectivity index (χ3v) is 10.4. The van der Waals surface area contributed by atoms with Crippen molar-refractivity contribution < 1.29 is 75.7 Å². The van der Waals surface area contributed by atoms with Gasteiger partial charge in [-0.2, -0.15) is 16.1 Å². The lowest BCUT2D eigenvalue weighted by atomic mass is 9.87. The number of phosphoric acid groups is 3. The molecule has 2 aromatic rings. The Bertz CT molecular complexity index is 1610. The van der Waals surface area contributed by atoms with Crippen LogP contribution < -0.4 is 16.4 Å². The summed E-state index contributed by atoms with van der Waals surface area (Å²) in [5.41, 5.74) is 4.31. The first-order chi connectivity index (χ1) is 22.7. The zero-order valence-corrected chi connectivity index (χ0v) is 29.7. The molecule has 7 atom stereocenters. The first-order valence-corrected chi connectivity index (χ1v) is 20.0. The summed E-state index contributed by atoms with van der Waals surface area (Å²) in [5.74, 6) is -0.590. The zero-order chi connectivity index (χ0) is 36.8. The Morgan fingerprint density at radius 3 is 2.43 bits per heavy atom. The number of phosphoric ester groups is 3. The number of ether oxygens (including phenoxy) is 1. The Morgan fingerprint density at radius 2 is 1.78 bits per heavy atom. The number of hydrogen-bond acceptors (Lipinski definition) is 17. The third-order valence-electron chi connectivity index (χ3n) is 6.71. The maximum Gasteiger partial charge on any atom is 0.481 e. The second-order valence-corrected chi connectivity index (χ2v) is 16.3. The molecule has 0 saturated carbocycles. The van der Waals surface area contributed by atoms with E-state index in [0.29, 0.717) is 12.3 Å². The molecule has 1 fully saturated rings. The highest BCUT2D eigenvalue weighted by molar-refractivity contribution is 7.98.